The lowest BCUT2D eigenvalue weighted by Crippen LogP contribution is -2.47. The van der Waals surface area contributed by atoms with Crippen LogP contribution >= 0.6 is 11.8 Å². The minimum atomic E-state index is -1.10. The number of ether oxygens (including phenoxy) is 2. The summed E-state index contributed by atoms with van der Waals surface area (Å²) in [7, 11) is 4.67. The zero-order valence-electron chi connectivity index (χ0n) is 22.6. The lowest BCUT2D eigenvalue weighted by atomic mass is 9.85. The van der Waals surface area contributed by atoms with Crippen molar-refractivity contribution in [3.05, 3.63) is 47.5 Å². The fourth-order valence-corrected chi connectivity index (χ4v) is 5.41. The van der Waals surface area contributed by atoms with Gasteiger partial charge in [0.05, 0.1) is 19.8 Å². The van der Waals surface area contributed by atoms with E-state index in [4.69, 9.17) is 14.3 Å². The van der Waals surface area contributed by atoms with Gasteiger partial charge in [0.15, 0.2) is 0 Å². The standard InChI is InChI=1S/C29H38N2O6S/c1-5-38-18-20-16-24(35-2)26(25(17-20)36-3)21-13-11-19(12-14-21)15-23(29(33)34)30-28(32)27(31-37-4)22-9-7-6-8-10-22/h11-14,16-17,22-23H,5-10,15,18H2,1-4H3,(H,30,32)(H,33,34)/t23-/m0/s1. The number of carboxylic acids is 1. The lowest BCUT2D eigenvalue weighted by molar-refractivity contribution is -0.141. The number of nitrogens with one attached hydrogen (secondary N) is 1. The van der Waals surface area contributed by atoms with Crippen molar-refractivity contribution in [1.29, 1.82) is 0 Å². The lowest BCUT2D eigenvalue weighted by Gasteiger charge is -2.23. The number of nitrogens with zero attached hydrogens (tertiary/aromatic N) is 1. The highest BCUT2D eigenvalue weighted by Crippen LogP contribution is 2.40. The van der Waals surface area contributed by atoms with Crippen LogP contribution in [0.2, 0.25) is 0 Å². The maximum atomic E-state index is 13.0. The predicted octanol–water partition coefficient (Wildman–Crippen LogP) is 5.32. The number of aliphatic carboxylic acids is 1. The molecule has 0 aromatic heterocycles. The molecule has 9 heteroatoms. The zero-order valence-corrected chi connectivity index (χ0v) is 23.4. The van der Waals surface area contributed by atoms with E-state index in [0.717, 1.165) is 65.9 Å². The molecule has 2 aromatic rings. The Morgan fingerprint density at radius 1 is 1.03 bits per heavy atom. The van der Waals surface area contributed by atoms with Gasteiger partial charge in [0, 0.05) is 18.1 Å². The van der Waals surface area contributed by atoms with E-state index in [0.29, 0.717) is 11.5 Å². The van der Waals surface area contributed by atoms with Crippen molar-refractivity contribution >= 4 is 29.4 Å². The molecule has 1 saturated carbocycles. The molecule has 206 valence electrons. The van der Waals surface area contributed by atoms with Crippen molar-refractivity contribution < 1.29 is 29.0 Å². The molecule has 0 heterocycles. The highest BCUT2D eigenvalue weighted by Gasteiger charge is 2.29. The molecule has 1 atom stereocenters. The number of rotatable bonds is 13. The molecule has 38 heavy (non-hydrogen) atoms. The van der Waals surface area contributed by atoms with Crippen LogP contribution in [-0.4, -0.2) is 55.8 Å². The van der Waals surface area contributed by atoms with Crippen molar-refractivity contribution in [3.63, 3.8) is 0 Å². The number of carbonyl (C=O) groups is 2. The van der Waals surface area contributed by atoms with Gasteiger partial charge in [-0.1, -0.05) is 55.6 Å². The summed E-state index contributed by atoms with van der Waals surface area (Å²) in [5.74, 6) is 1.70. The molecule has 1 aliphatic rings. The van der Waals surface area contributed by atoms with Crippen LogP contribution < -0.4 is 14.8 Å². The third kappa shape index (κ3) is 7.66. The average molecular weight is 543 g/mol. The van der Waals surface area contributed by atoms with Gasteiger partial charge < -0.3 is 24.7 Å². The van der Waals surface area contributed by atoms with Gasteiger partial charge in [0.2, 0.25) is 0 Å². The molecule has 2 aromatic carbocycles. The number of hydrogen-bond acceptors (Lipinski definition) is 7. The van der Waals surface area contributed by atoms with Crippen molar-refractivity contribution in [2.24, 2.45) is 11.1 Å². The molecule has 3 rings (SSSR count). The molecule has 1 amide bonds. The van der Waals surface area contributed by atoms with Gasteiger partial charge in [-0.05, 0) is 47.4 Å². The van der Waals surface area contributed by atoms with Crippen LogP contribution in [0.1, 0.15) is 50.2 Å². The number of amides is 1. The van der Waals surface area contributed by atoms with Gasteiger partial charge in [-0.15, -0.1) is 0 Å². The summed E-state index contributed by atoms with van der Waals surface area (Å²) in [6.45, 7) is 2.12. The number of methoxy groups -OCH3 is 2. The average Bonchev–Trinajstić information content (AvgIpc) is 2.94. The van der Waals surface area contributed by atoms with Gasteiger partial charge in [-0.25, -0.2) is 4.79 Å². The summed E-state index contributed by atoms with van der Waals surface area (Å²) in [5, 5.41) is 16.5. The summed E-state index contributed by atoms with van der Waals surface area (Å²) < 4.78 is 11.4. The van der Waals surface area contributed by atoms with Gasteiger partial charge >= 0.3 is 5.97 Å². The summed E-state index contributed by atoms with van der Waals surface area (Å²) in [4.78, 5) is 30.0. The maximum absolute atomic E-state index is 13.0. The minimum Gasteiger partial charge on any atom is -0.496 e. The smallest absolute Gasteiger partial charge is 0.326 e. The molecule has 0 radical (unpaired) electrons. The van der Waals surface area contributed by atoms with Crippen LogP contribution in [0.4, 0.5) is 0 Å². The Morgan fingerprint density at radius 3 is 2.18 bits per heavy atom. The number of carboxylic acid groups (broad SMARTS) is 1. The van der Waals surface area contributed by atoms with Crippen LogP contribution in [-0.2, 0) is 26.6 Å². The van der Waals surface area contributed by atoms with Gasteiger partial charge in [-0.3, -0.25) is 4.79 Å². The van der Waals surface area contributed by atoms with E-state index >= 15 is 0 Å². The van der Waals surface area contributed by atoms with Crippen molar-refractivity contribution in [2.45, 2.75) is 57.2 Å². The highest BCUT2D eigenvalue weighted by molar-refractivity contribution is 7.98. The normalized spacial score (nSPS) is 15.0. The van der Waals surface area contributed by atoms with E-state index in [1.54, 1.807) is 14.2 Å². The molecule has 8 nitrogen and oxygen atoms in total. The summed E-state index contributed by atoms with van der Waals surface area (Å²) in [6, 6.07) is 10.5. The molecule has 0 bridgehead atoms. The molecule has 0 aliphatic heterocycles. The van der Waals surface area contributed by atoms with Crippen LogP contribution in [0.5, 0.6) is 11.5 Å². The first-order valence-corrected chi connectivity index (χ1v) is 14.1. The molecule has 2 N–H and O–H groups in total. The molecule has 0 unspecified atom stereocenters. The summed E-state index contributed by atoms with van der Waals surface area (Å²) in [5.41, 5.74) is 3.89. The monoisotopic (exact) mass is 542 g/mol. The summed E-state index contributed by atoms with van der Waals surface area (Å²) >= 11 is 1.82. The second kappa shape index (κ2) is 14.7. The van der Waals surface area contributed by atoms with Crippen LogP contribution in [0, 0.1) is 5.92 Å². The number of oxime groups is 1. The Balaban J connectivity index is 1.78. The van der Waals surface area contributed by atoms with E-state index in [9.17, 15) is 14.7 Å². The van der Waals surface area contributed by atoms with E-state index < -0.39 is 17.9 Å². The van der Waals surface area contributed by atoms with Gasteiger partial charge in [-0.2, -0.15) is 11.8 Å². The van der Waals surface area contributed by atoms with Gasteiger partial charge in [0.25, 0.3) is 5.91 Å². The van der Waals surface area contributed by atoms with Crippen LogP contribution in [0.25, 0.3) is 11.1 Å². The first kappa shape index (κ1) is 29.4. The third-order valence-electron chi connectivity index (χ3n) is 6.74. The Kier molecular flexibility index (Phi) is 11.3. The number of benzene rings is 2. The Bertz CT molecular complexity index is 1090. The predicted molar refractivity (Wildman–Crippen MR) is 151 cm³/mol. The fourth-order valence-electron chi connectivity index (χ4n) is 4.81. The van der Waals surface area contributed by atoms with Crippen LogP contribution in [0.15, 0.2) is 41.6 Å². The second-order valence-corrected chi connectivity index (χ2v) is 10.5. The largest absolute Gasteiger partial charge is 0.496 e. The minimum absolute atomic E-state index is 0.0191. The van der Waals surface area contributed by atoms with E-state index in [1.165, 1.54) is 7.11 Å². The SMILES string of the molecule is CCSCc1cc(OC)c(-c2ccc(C[C@H](NC(=O)C(=NOC)C3CCCCC3)C(=O)O)cc2)c(OC)c1. The van der Waals surface area contributed by atoms with E-state index in [1.807, 2.05) is 48.2 Å². The molecule has 1 aliphatic carbocycles. The van der Waals surface area contributed by atoms with Crippen molar-refractivity contribution in [1.82, 2.24) is 5.32 Å². The number of hydrogen-bond donors (Lipinski definition) is 2. The van der Waals surface area contributed by atoms with E-state index in [-0.39, 0.29) is 18.1 Å². The Labute approximate surface area is 229 Å². The quantitative estimate of drug-likeness (QED) is 0.261. The molecule has 0 spiro atoms. The first-order chi connectivity index (χ1) is 18.4. The van der Waals surface area contributed by atoms with Crippen LogP contribution in [0.3, 0.4) is 0 Å². The Hall–Kier alpha value is -3.20. The zero-order chi connectivity index (χ0) is 27.5. The third-order valence-corrected chi connectivity index (χ3v) is 7.68. The summed E-state index contributed by atoms with van der Waals surface area (Å²) in [6.07, 6.45) is 5.00. The molecule has 0 saturated heterocycles. The first-order valence-electron chi connectivity index (χ1n) is 13.0. The topological polar surface area (TPSA) is 106 Å². The maximum Gasteiger partial charge on any atom is 0.326 e. The highest BCUT2D eigenvalue weighted by atomic mass is 32.2. The fraction of sp³-hybridized carbons (Fsp3) is 0.483. The van der Waals surface area contributed by atoms with Crippen molar-refractivity contribution in [3.8, 4) is 22.6 Å². The molecular formula is C29H38N2O6S. The molecular weight excluding hydrogens is 504 g/mol. The van der Waals surface area contributed by atoms with E-state index in [2.05, 4.69) is 17.4 Å². The number of thioether (sulfide) groups is 1. The second-order valence-electron chi connectivity index (χ2n) is 9.27. The van der Waals surface area contributed by atoms with Gasteiger partial charge in [0.1, 0.15) is 30.4 Å². The number of carbonyl (C=O) groups excluding carboxylic acids is 1. The van der Waals surface area contributed by atoms with Crippen molar-refractivity contribution in [2.75, 3.05) is 27.1 Å². The molecule has 1 fully saturated rings. The Morgan fingerprint density at radius 2 is 1.66 bits per heavy atom.